The van der Waals surface area contributed by atoms with E-state index in [4.69, 9.17) is 21.4 Å². The van der Waals surface area contributed by atoms with E-state index in [2.05, 4.69) is 10.3 Å². The molecule has 1 aromatic heterocycles. The number of alkyl halides is 2. The van der Waals surface area contributed by atoms with E-state index >= 15 is 0 Å². The van der Waals surface area contributed by atoms with E-state index in [1.807, 2.05) is 0 Å². The number of anilines is 1. The number of rotatable bonds is 9. The number of aromatic nitrogens is 1. The fourth-order valence-corrected chi connectivity index (χ4v) is 3.70. The molecule has 0 fully saturated rings. The van der Waals surface area contributed by atoms with Crippen molar-refractivity contribution in [3.05, 3.63) is 76.2 Å². The number of ether oxygens (including phenoxy) is 1. The van der Waals surface area contributed by atoms with Crippen molar-refractivity contribution in [2.45, 2.75) is 19.8 Å². The summed E-state index contributed by atoms with van der Waals surface area (Å²) in [6.07, 6.45) is 1.39. The highest BCUT2D eigenvalue weighted by Crippen LogP contribution is 2.35. The SMILES string of the molecule is Cc1ccc(C(=O)NCCO)cc1-c1cnc(N(C)C(=O)c2c(F)cccc2Cl)c(OCC(C)(F)F)c1. The molecule has 196 valence electrons. The number of aryl methyl sites for hydroxylation is 1. The van der Waals surface area contributed by atoms with Crippen molar-refractivity contribution in [3.8, 4) is 16.9 Å². The van der Waals surface area contributed by atoms with Gasteiger partial charge in [-0.2, -0.15) is 0 Å². The van der Waals surface area contributed by atoms with Crippen LogP contribution < -0.4 is 15.0 Å². The van der Waals surface area contributed by atoms with Gasteiger partial charge < -0.3 is 15.2 Å². The molecule has 7 nitrogen and oxygen atoms in total. The molecule has 0 spiro atoms. The smallest absolute Gasteiger partial charge is 0.278 e. The van der Waals surface area contributed by atoms with Crippen molar-refractivity contribution in [3.63, 3.8) is 0 Å². The second-order valence-corrected chi connectivity index (χ2v) is 8.78. The Hall–Kier alpha value is -3.63. The third-order valence-electron chi connectivity index (χ3n) is 5.32. The van der Waals surface area contributed by atoms with E-state index in [1.54, 1.807) is 25.1 Å². The molecule has 2 aromatic carbocycles. The maximum atomic E-state index is 14.4. The van der Waals surface area contributed by atoms with Crippen LogP contribution in [-0.2, 0) is 0 Å². The molecular formula is C26H25ClF3N3O4. The summed E-state index contributed by atoms with van der Waals surface area (Å²) < 4.78 is 47.0. The number of aliphatic hydroxyl groups excluding tert-OH is 1. The van der Waals surface area contributed by atoms with Crippen LogP contribution in [0, 0.1) is 12.7 Å². The third-order valence-corrected chi connectivity index (χ3v) is 5.64. The summed E-state index contributed by atoms with van der Waals surface area (Å²) >= 11 is 6.03. The highest BCUT2D eigenvalue weighted by atomic mass is 35.5. The highest BCUT2D eigenvalue weighted by Gasteiger charge is 2.27. The minimum atomic E-state index is -3.19. The van der Waals surface area contributed by atoms with Gasteiger partial charge in [-0.25, -0.2) is 18.2 Å². The molecule has 2 N–H and O–H groups in total. The quantitative estimate of drug-likeness (QED) is 0.407. The molecule has 0 saturated heterocycles. The van der Waals surface area contributed by atoms with Gasteiger partial charge in [0.05, 0.1) is 17.2 Å². The predicted octanol–water partition coefficient (Wildman–Crippen LogP) is 4.88. The Morgan fingerprint density at radius 2 is 1.95 bits per heavy atom. The van der Waals surface area contributed by atoms with Gasteiger partial charge in [0.1, 0.15) is 5.82 Å². The predicted molar refractivity (Wildman–Crippen MR) is 134 cm³/mol. The van der Waals surface area contributed by atoms with Crippen molar-refractivity contribution in [1.82, 2.24) is 10.3 Å². The van der Waals surface area contributed by atoms with Gasteiger partial charge in [0.25, 0.3) is 17.7 Å². The third kappa shape index (κ3) is 6.78. The largest absolute Gasteiger partial charge is 0.483 e. The maximum absolute atomic E-state index is 14.4. The Bertz CT molecular complexity index is 1290. The average Bonchev–Trinajstić information content (AvgIpc) is 2.85. The summed E-state index contributed by atoms with van der Waals surface area (Å²) in [6, 6.07) is 10.1. The lowest BCUT2D eigenvalue weighted by molar-refractivity contribution is -0.0228. The molecule has 0 unspecified atom stereocenters. The summed E-state index contributed by atoms with van der Waals surface area (Å²) in [6.45, 7) is 1.32. The van der Waals surface area contributed by atoms with E-state index in [0.717, 1.165) is 16.5 Å². The normalized spacial score (nSPS) is 11.2. The van der Waals surface area contributed by atoms with Crippen molar-refractivity contribution >= 4 is 29.2 Å². The van der Waals surface area contributed by atoms with Gasteiger partial charge in [-0.3, -0.25) is 14.5 Å². The van der Waals surface area contributed by atoms with Crippen molar-refractivity contribution in [2.75, 3.05) is 31.7 Å². The summed E-state index contributed by atoms with van der Waals surface area (Å²) in [5, 5.41) is 11.4. The lowest BCUT2D eigenvalue weighted by atomic mass is 9.98. The van der Waals surface area contributed by atoms with E-state index in [-0.39, 0.29) is 29.7 Å². The summed E-state index contributed by atoms with van der Waals surface area (Å²) in [7, 11) is 1.29. The molecule has 37 heavy (non-hydrogen) atoms. The van der Waals surface area contributed by atoms with Crippen molar-refractivity contribution in [1.29, 1.82) is 0 Å². The zero-order chi connectivity index (χ0) is 27.3. The monoisotopic (exact) mass is 535 g/mol. The summed E-state index contributed by atoms with van der Waals surface area (Å²) in [5.41, 5.74) is 1.65. The van der Waals surface area contributed by atoms with Crippen molar-refractivity contribution < 1.29 is 32.6 Å². The molecule has 0 bridgehead atoms. The van der Waals surface area contributed by atoms with Gasteiger partial charge in [0, 0.05) is 37.8 Å². The molecule has 0 atom stereocenters. The molecule has 1 heterocycles. The van der Waals surface area contributed by atoms with Crippen LogP contribution in [-0.4, -0.2) is 54.6 Å². The molecule has 0 saturated carbocycles. The number of nitrogens with zero attached hydrogens (tertiary/aromatic N) is 2. The standard InChI is InChI=1S/C26H25ClF3N3O4/c1-15-7-8-16(24(35)31-9-10-34)11-18(15)17-12-21(37-14-26(2,29)30)23(32-13-17)33(3)25(36)22-19(27)5-4-6-20(22)28/h4-8,11-13,34H,9-10,14H2,1-3H3,(H,31,35). The second-order valence-electron chi connectivity index (χ2n) is 8.37. The van der Waals surface area contributed by atoms with E-state index in [0.29, 0.717) is 23.6 Å². The Morgan fingerprint density at radius 3 is 2.59 bits per heavy atom. The molecule has 0 aliphatic carbocycles. The van der Waals surface area contributed by atoms with Gasteiger partial charge in [0.15, 0.2) is 18.2 Å². The Balaban J connectivity index is 2.06. The number of hydrogen-bond acceptors (Lipinski definition) is 5. The highest BCUT2D eigenvalue weighted by molar-refractivity contribution is 6.34. The number of carbonyl (C=O) groups excluding carboxylic acids is 2. The van der Waals surface area contributed by atoms with Gasteiger partial charge in [-0.1, -0.05) is 23.7 Å². The van der Waals surface area contributed by atoms with Gasteiger partial charge in [-0.15, -0.1) is 0 Å². The second kappa shape index (κ2) is 11.6. The summed E-state index contributed by atoms with van der Waals surface area (Å²) in [5.74, 6) is -5.59. The van der Waals surface area contributed by atoms with Crippen LogP contribution in [0.5, 0.6) is 5.75 Å². The topological polar surface area (TPSA) is 91.8 Å². The first-order valence-electron chi connectivity index (χ1n) is 11.2. The molecule has 3 rings (SSSR count). The molecule has 3 aromatic rings. The number of amides is 2. The van der Waals surface area contributed by atoms with E-state index < -0.39 is 35.7 Å². The zero-order valence-corrected chi connectivity index (χ0v) is 21.1. The van der Waals surface area contributed by atoms with Crippen LogP contribution >= 0.6 is 11.6 Å². The number of carbonyl (C=O) groups is 2. The first-order valence-corrected chi connectivity index (χ1v) is 11.5. The first kappa shape index (κ1) is 27.9. The fourth-order valence-electron chi connectivity index (χ4n) is 3.46. The van der Waals surface area contributed by atoms with Crippen LogP contribution in [0.4, 0.5) is 19.0 Å². The number of pyridine rings is 1. The number of hydrogen-bond donors (Lipinski definition) is 2. The number of aliphatic hydroxyl groups is 1. The lowest BCUT2D eigenvalue weighted by Crippen LogP contribution is -2.29. The number of halogens is 4. The molecule has 2 amide bonds. The molecule has 0 aliphatic heterocycles. The average molecular weight is 536 g/mol. The Morgan fingerprint density at radius 1 is 1.22 bits per heavy atom. The first-order chi connectivity index (χ1) is 17.4. The van der Waals surface area contributed by atoms with Gasteiger partial charge in [-0.05, 0) is 48.4 Å². The zero-order valence-electron chi connectivity index (χ0n) is 20.3. The lowest BCUT2D eigenvalue weighted by Gasteiger charge is -2.22. The van der Waals surface area contributed by atoms with Crippen molar-refractivity contribution in [2.24, 2.45) is 0 Å². The van der Waals surface area contributed by atoms with Crippen LogP contribution in [0.3, 0.4) is 0 Å². The van der Waals surface area contributed by atoms with Gasteiger partial charge in [0.2, 0.25) is 0 Å². The van der Waals surface area contributed by atoms with Crippen LogP contribution in [0.1, 0.15) is 33.2 Å². The fraction of sp³-hybridized carbons (Fsp3) is 0.269. The van der Waals surface area contributed by atoms with Crippen LogP contribution in [0.25, 0.3) is 11.1 Å². The van der Waals surface area contributed by atoms with Crippen LogP contribution in [0.2, 0.25) is 5.02 Å². The number of benzene rings is 2. The molecule has 11 heteroatoms. The molecule has 0 aliphatic rings. The Kier molecular flexibility index (Phi) is 8.77. The van der Waals surface area contributed by atoms with E-state index in [1.165, 1.54) is 31.4 Å². The van der Waals surface area contributed by atoms with Gasteiger partial charge >= 0.3 is 0 Å². The minimum absolute atomic E-state index is 0.0773. The molecular weight excluding hydrogens is 511 g/mol. The number of nitrogens with one attached hydrogen (secondary N) is 1. The maximum Gasteiger partial charge on any atom is 0.278 e. The van der Waals surface area contributed by atoms with E-state index in [9.17, 15) is 22.8 Å². The van der Waals surface area contributed by atoms with Crippen LogP contribution in [0.15, 0.2) is 48.7 Å². The molecule has 0 radical (unpaired) electrons. The minimum Gasteiger partial charge on any atom is -0.483 e. The summed E-state index contributed by atoms with van der Waals surface area (Å²) in [4.78, 5) is 30.6. The Labute approximate surface area is 216 Å².